The predicted octanol–water partition coefficient (Wildman–Crippen LogP) is -0.487. The molecule has 0 aliphatic rings. The van der Waals surface area contributed by atoms with Gasteiger partial charge in [0.25, 0.3) is 0 Å². The second-order valence-electron chi connectivity index (χ2n) is 2.51. The van der Waals surface area contributed by atoms with Crippen molar-refractivity contribution in [3.63, 3.8) is 0 Å². The molecule has 5 heteroatoms. The molecule has 66 valence electrons. The lowest BCUT2D eigenvalue weighted by atomic mass is 10.3. The Balaban J connectivity index is 2.87. The summed E-state index contributed by atoms with van der Waals surface area (Å²) in [4.78, 5) is 14.5. The molecule has 0 radical (unpaired) electrons. The van der Waals surface area contributed by atoms with E-state index in [4.69, 9.17) is 11.5 Å². The Bertz CT molecular complexity index is 292. The van der Waals surface area contributed by atoms with Gasteiger partial charge in [-0.25, -0.2) is 4.98 Å². The normalized spacial score (nSPS) is 10.1. The van der Waals surface area contributed by atoms with Gasteiger partial charge in [-0.15, -0.1) is 0 Å². The second-order valence-corrected chi connectivity index (χ2v) is 2.51. The van der Waals surface area contributed by atoms with E-state index in [2.05, 4.69) is 4.98 Å². The summed E-state index contributed by atoms with van der Waals surface area (Å²) in [5.41, 5.74) is 11.2. The average molecular weight is 168 g/mol. The van der Waals surface area contributed by atoms with Gasteiger partial charge < -0.3 is 16.0 Å². The van der Waals surface area contributed by atoms with Crippen LogP contribution in [0.15, 0.2) is 6.33 Å². The number of anilines is 1. The summed E-state index contributed by atoms with van der Waals surface area (Å²) in [5.74, 6) is 0.111. The number of aryl methyl sites for hydroxylation is 1. The van der Waals surface area contributed by atoms with Gasteiger partial charge in [0.15, 0.2) is 0 Å². The molecule has 5 nitrogen and oxygen atoms in total. The number of carbonyl (C=O) groups is 1. The average Bonchev–Trinajstić information content (AvgIpc) is 2.32. The van der Waals surface area contributed by atoms with E-state index in [9.17, 15) is 4.79 Å². The van der Waals surface area contributed by atoms with E-state index in [1.165, 1.54) is 0 Å². The van der Waals surface area contributed by atoms with Crippen LogP contribution in [0.2, 0.25) is 0 Å². The first-order valence-electron chi connectivity index (χ1n) is 3.73. The van der Waals surface area contributed by atoms with Crippen LogP contribution in [-0.4, -0.2) is 15.5 Å². The van der Waals surface area contributed by atoms with Gasteiger partial charge in [-0.2, -0.15) is 0 Å². The maximum atomic E-state index is 10.5. The lowest BCUT2D eigenvalue weighted by Crippen LogP contribution is -2.15. The summed E-state index contributed by atoms with van der Waals surface area (Å²) in [6, 6.07) is 0. The maximum absolute atomic E-state index is 10.5. The van der Waals surface area contributed by atoms with E-state index in [0.29, 0.717) is 11.5 Å². The highest BCUT2D eigenvalue weighted by atomic mass is 16.1. The van der Waals surface area contributed by atoms with Crippen molar-refractivity contribution >= 4 is 11.7 Å². The molecule has 0 saturated heterocycles. The number of amides is 1. The molecule has 0 aromatic carbocycles. The number of nitrogens with zero attached hydrogens (tertiary/aromatic N) is 2. The summed E-state index contributed by atoms with van der Waals surface area (Å²) in [7, 11) is 0. The molecule has 1 aromatic heterocycles. The molecule has 0 aliphatic carbocycles. The van der Waals surface area contributed by atoms with Crippen LogP contribution in [0.1, 0.15) is 12.6 Å². The van der Waals surface area contributed by atoms with Gasteiger partial charge in [-0.1, -0.05) is 0 Å². The first-order chi connectivity index (χ1) is 5.65. The van der Waals surface area contributed by atoms with E-state index < -0.39 is 5.91 Å². The number of hydrogen-bond acceptors (Lipinski definition) is 3. The van der Waals surface area contributed by atoms with Crippen LogP contribution in [0.25, 0.3) is 0 Å². The van der Waals surface area contributed by atoms with Gasteiger partial charge in [0.2, 0.25) is 5.91 Å². The summed E-state index contributed by atoms with van der Waals surface area (Å²) in [6.07, 6.45) is 1.71. The van der Waals surface area contributed by atoms with Gasteiger partial charge in [-0.3, -0.25) is 4.79 Å². The standard InChI is InChI=1S/C7H12N4O/c1-2-11-4-10-5(7(11)9)3-6(8)12/h4H,2-3,9H2,1H3,(H2,8,12). The predicted molar refractivity (Wildman–Crippen MR) is 45.2 cm³/mol. The number of nitrogen functional groups attached to an aromatic ring is 1. The molecule has 0 fully saturated rings. The summed E-state index contributed by atoms with van der Waals surface area (Å²) < 4.78 is 1.76. The second kappa shape index (κ2) is 3.25. The molecular weight excluding hydrogens is 156 g/mol. The Morgan fingerprint density at radius 1 is 1.75 bits per heavy atom. The Morgan fingerprint density at radius 2 is 2.42 bits per heavy atom. The van der Waals surface area contributed by atoms with Crippen molar-refractivity contribution < 1.29 is 4.79 Å². The zero-order valence-corrected chi connectivity index (χ0v) is 6.95. The molecule has 1 heterocycles. The number of rotatable bonds is 3. The number of nitrogens with two attached hydrogens (primary N) is 2. The molecule has 4 N–H and O–H groups in total. The molecule has 0 atom stereocenters. The molecule has 1 aromatic rings. The third-order valence-corrected chi connectivity index (χ3v) is 1.64. The number of carbonyl (C=O) groups excluding carboxylic acids is 1. The quantitative estimate of drug-likeness (QED) is 0.638. The molecule has 0 spiro atoms. The maximum Gasteiger partial charge on any atom is 0.223 e. The van der Waals surface area contributed by atoms with Crippen LogP contribution in [0.5, 0.6) is 0 Å². The summed E-state index contributed by atoms with van der Waals surface area (Å²) >= 11 is 0. The zero-order chi connectivity index (χ0) is 9.14. The molecule has 1 amide bonds. The molecule has 0 aliphatic heterocycles. The minimum Gasteiger partial charge on any atom is -0.384 e. The molecule has 0 unspecified atom stereocenters. The summed E-state index contributed by atoms with van der Waals surface area (Å²) in [5, 5.41) is 0. The smallest absolute Gasteiger partial charge is 0.223 e. The summed E-state index contributed by atoms with van der Waals surface area (Å²) in [6.45, 7) is 2.70. The SMILES string of the molecule is CCn1cnc(CC(N)=O)c1N. The number of primary amides is 1. The fraction of sp³-hybridized carbons (Fsp3) is 0.429. The van der Waals surface area contributed by atoms with Crippen LogP contribution in [0.4, 0.5) is 5.82 Å². The fourth-order valence-corrected chi connectivity index (χ4v) is 0.987. The third kappa shape index (κ3) is 1.55. The van der Waals surface area contributed by atoms with E-state index in [0.717, 1.165) is 6.54 Å². The lowest BCUT2D eigenvalue weighted by molar-refractivity contribution is -0.117. The fourth-order valence-electron chi connectivity index (χ4n) is 0.987. The highest BCUT2D eigenvalue weighted by molar-refractivity contribution is 5.77. The van der Waals surface area contributed by atoms with Crippen molar-refractivity contribution in [1.29, 1.82) is 0 Å². The van der Waals surface area contributed by atoms with Crippen LogP contribution in [0.3, 0.4) is 0 Å². The Labute approximate surface area is 70.4 Å². The van der Waals surface area contributed by atoms with Crippen molar-refractivity contribution in [3.8, 4) is 0 Å². The van der Waals surface area contributed by atoms with Gasteiger partial charge >= 0.3 is 0 Å². The van der Waals surface area contributed by atoms with Crippen LogP contribution in [0, 0.1) is 0 Å². The highest BCUT2D eigenvalue weighted by Crippen LogP contribution is 2.09. The van der Waals surface area contributed by atoms with E-state index in [-0.39, 0.29) is 6.42 Å². The van der Waals surface area contributed by atoms with E-state index in [1.807, 2.05) is 6.92 Å². The van der Waals surface area contributed by atoms with Crippen molar-refractivity contribution in [1.82, 2.24) is 9.55 Å². The molecule has 1 rings (SSSR count). The minimum atomic E-state index is -0.414. The van der Waals surface area contributed by atoms with Crippen molar-refractivity contribution in [2.75, 3.05) is 5.73 Å². The van der Waals surface area contributed by atoms with Crippen LogP contribution in [-0.2, 0) is 17.8 Å². The third-order valence-electron chi connectivity index (χ3n) is 1.64. The first kappa shape index (κ1) is 8.58. The minimum absolute atomic E-state index is 0.110. The largest absolute Gasteiger partial charge is 0.384 e. The Morgan fingerprint density at radius 3 is 2.83 bits per heavy atom. The molecule has 12 heavy (non-hydrogen) atoms. The number of hydrogen-bond donors (Lipinski definition) is 2. The van der Waals surface area contributed by atoms with Crippen LogP contribution >= 0.6 is 0 Å². The topological polar surface area (TPSA) is 86.9 Å². The van der Waals surface area contributed by atoms with Gasteiger partial charge in [-0.05, 0) is 6.92 Å². The Kier molecular flexibility index (Phi) is 2.32. The Hall–Kier alpha value is -1.52. The van der Waals surface area contributed by atoms with Crippen molar-refractivity contribution in [3.05, 3.63) is 12.0 Å². The number of aromatic nitrogens is 2. The molecule has 0 bridgehead atoms. The lowest BCUT2D eigenvalue weighted by Gasteiger charge is -1.99. The zero-order valence-electron chi connectivity index (χ0n) is 6.95. The van der Waals surface area contributed by atoms with Gasteiger partial charge in [0.1, 0.15) is 5.82 Å². The van der Waals surface area contributed by atoms with Crippen molar-refractivity contribution in [2.24, 2.45) is 5.73 Å². The van der Waals surface area contributed by atoms with E-state index >= 15 is 0 Å². The van der Waals surface area contributed by atoms with E-state index in [1.54, 1.807) is 10.9 Å². The van der Waals surface area contributed by atoms with Gasteiger partial charge in [0, 0.05) is 6.54 Å². The highest BCUT2D eigenvalue weighted by Gasteiger charge is 2.08. The van der Waals surface area contributed by atoms with Gasteiger partial charge in [0.05, 0.1) is 18.4 Å². The molecule has 0 saturated carbocycles. The number of imidazole rings is 1. The monoisotopic (exact) mass is 168 g/mol. The first-order valence-corrected chi connectivity index (χ1v) is 3.73. The van der Waals surface area contributed by atoms with Crippen LogP contribution < -0.4 is 11.5 Å². The van der Waals surface area contributed by atoms with Crippen molar-refractivity contribution in [2.45, 2.75) is 19.9 Å². The molecular formula is C7H12N4O.